The third-order valence-electron chi connectivity index (χ3n) is 3.81. The molecular weight excluding hydrogens is 292 g/mol. The molecule has 0 saturated heterocycles. The van der Waals surface area contributed by atoms with Gasteiger partial charge in [-0.25, -0.2) is 4.79 Å². The standard InChI is InChI=1S/C17H22N4O2/c1-10-5-7-15(18-9-10)13(4)19-16(22)8-6-14-11(2)20-17(23)21-12(14)3/h5,7,9,13H,6,8H2,1-4H3,(H,19,22)(H,20,21,23). The molecular formula is C17H22N4O2. The van der Waals surface area contributed by atoms with Gasteiger partial charge in [-0.2, -0.15) is 4.98 Å². The van der Waals surface area contributed by atoms with Crippen molar-refractivity contribution in [3.63, 3.8) is 0 Å². The van der Waals surface area contributed by atoms with Gasteiger partial charge < -0.3 is 10.3 Å². The molecule has 0 aliphatic carbocycles. The zero-order valence-electron chi connectivity index (χ0n) is 13.9. The van der Waals surface area contributed by atoms with Crippen LogP contribution in [-0.4, -0.2) is 20.9 Å². The van der Waals surface area contributed by atoms with Crippen LogP contribution in [0, 0.1) is 20.8 Å². The molecule has 0 aromatic carbocycles. The Morgan fingerprint density at radius 3 is 2.65 bits per heavy atom. The van der Waals surface area contributed by atoms with Gasteiger partial charge in [-0.15, -0.1) is 0 Å². The molecule has 0 bridgehead atoms. The van der Waals surface area contributed by atoms with E-state index in [0.29, 0.717) is 18.5 Å². The first-order valence-corrected chi connectivity index (χ1v) is 7.65. The first kappa shape index (κ1) is 16.9. The summed E-state index contributed by atoms with van der Waals surface area (Å²) in [5, 5.41) is 2.94. The average Bonchev–Trinajstić information content (AvgIpc) is 2.46. The van der Waals surface area contributed by atoms with E-state index >= 15 is 0 Å². The van der Waals surface area contributed by atoms with E-state index in [-0.39, 0.29) is 17.6 Å². The van der Waals surface area contributed by atoms with Crippen molar-refractivity contribution < 1.29 is 4.79 Å². The van der Waals surface area contributed by atoms with Crippen LogP contribution in [0.4, 0.5) is 0 Å². The Bertz CT molecular complexity index is 724. The van der Waals surface area contributed by atoms with Crippen molar-refractivity contribution in [3.05, 3.63) is 57.0 Å². The van der Waals surface area contributed by atoms with E-state index in [2.05, 4.69) is 20.3 Å². The average molecular weight is 314 g/mol. The molecule has 1 atom stereocenters. The molecule has 2 heterocycles. The van der Waals surface area contributed by atoms with Gasteiger partial charge in [0.1, 0.15) is 0 Å². The van der Waals surface area contributed by atoms with Crippen LogP contribution >= 0.6 is 0 Å². The molecule has 2 N–H and O–H groups in total. The number of carbonyl (C=O) groups is 1. The van der Waals surface area contributed by atoms with E-state index in [9.17, 15) is 9.59 Å². The van der Waals surface area contributed by atoms with Gasteiger partial charge in [0.05, 0.1) is 11.7 Å². The molecule has 0 spiro atoms. The van der Waals surface area contributed by atoms with Crippen molar-refractivity contribution in [2.45, 2.75) is 46.6 Å². The minimum atomic E-state index is -0.354. The largest absolute Gasteiger partial charge is 0.348 e. The van der Waals surface area contributed by atoms with E-state index in [1.165, 1.54) is 0 Å². The molecule has 6 heteroatoms. The van der Waals surface area contributed by atoms with Crippen LogP contribution in [0.15, 0.2) is 23.1 Å². The maximum absolute atomic E-state index is 12.1. The summed E-state index contributed by atoms with van der Waals surface area (Å²) in [4.78, 5) is 34.3. The predicted molar refractivity (Wildman–Crippen MR) is 88.2 cm³/mol. The Kier molecular flexibility index (Phi) is 5.26. The number of H-pyrrole nitrogens is 1. The van der Waals surface area contributed by atoms with Crippen LogP contribution in [0.2, 0.25) is 0 Å². The molecule has 1 amide bonds. The molecule has 2 aromatic heterocycles. The zero-order chi connectivity index (χ0) is 17.0. The van der Waals surface area contributed by atoms with Gasteiger partial charge in [0.2, 0.25) is 5.91 Å². The predicted octanol–water partition coefficient (Wildman–Crippen LogP) is 1.90. The second kappa shape index (κ2) is 7.17. The molecule has 6 nitrogen and oxygen atoms in total. The first-order chi connectivity index (χ1) is 10.9. The lowest BCUT2D eigenvalue weighted by Gasteiger charge is -2.14. The van der Waals surface area contributed by atoms with Crippen LogP contribution in [0.5, 0.6) is 0 Å². The lowest BCUT2D eigenvalue weighted by atomic mass is 10.1. The number of nitrogens with one attached hydrogen (secondary N) is 2. The number of amides is 1. The fourth-order valence-corrected chi connectivity index (χ4v) is 2.48. The molecule has 0 aliphatic heterocycles. The normalized spacial score (nSPS) is 12.0. The summed E-state index contributed by atoms with van der Waals surface area (Å²) in [6, 6.07) is 3.75. The van der Waals surface area contributed by atoms with E-state index in [1.54, 1.807) is 13.1 Å². The van der Waals surface area contributed by atoms with Crippen LogP contribution in [0.1, 0.15) is 47.6 Å². The van der Waals surface area contributed by atoms with Crippen LogP contribution in [0.25, 0.3) is 0 Å². The van der Waals surface area contributed by atoms with Crippen molar-refractivity contribution in [1.29, 1.82) is 0 Å². The van der Waals surface area contributed by atoms with Crippen LogP contribution in [0.3, 0.4) is 0 Å². The Balaban J connectivity index is 1.95. The number of carbonyl (C=O) groups excluding carboxylic acids is 1. The SMILES string of the molecule is Cc1ccc(C(C)NC(=O)CCc2c(C)nc(=O)[nH]c2C)nc1. The van der Waals surface area contributed by atoms with Gasteiger partial charge in [-0.3, -0.25) is 9.78 Å². The first-order valence-electron chi connectivity index (χ1n) is 7.65. The number of aromatic amines is 1. The number of aryl methyl sites for hydroxylation is 3. The second-order valence-electron chi connectivity index (χ2n) is 5.78. The smallest absolute Gasteiger partial charge is 0.345 e. The van der Waals surface area contributed by atoms with Crippen molar-refractivity contribution in [2.75, 3.05) is 0 Å². The highest BCUT2D eigenvalue weighted by Crippen LogP contribution is 2.12. The van der Waals surface area contributed by atoms with Gasteiger partial charge in [-0.05, 0) is 51.3 Å². The lowest BCUT2D eigenvalue weighted by Crippen LogP contribution is -2.27. The molecule has 23 heavy (non-hydrogen) atoms. The Morgan fingerprint density at radius 1 is 1.30 bits per heavy atom. The molecule has 0 aliphatic rings. The van der Waals surface area contributed by atoms with Crippen LogP contribution < -0.4 is 11.0 Å². The highest BCUT2D eigenvalue weighted by Gasteiger charge is 2.12. The van der Waals surface area contributed by atoms with Gasteiger partial charge >= 0.3 is 5.69 Å². The van der Waals surface area contributed by atoms with E-state index in [0.717, 1.165) is 22.5 Å². The lowest BCUT2D eigenvalue weighted by molar-refractivity contribution is -0.121. The fraction of sp³-hybridized carbons (Fsp3) is 0.412. The monoisotopic (exact) mass is 314 g/mol. The van der Waals surface area contributed by atoms with Crippen LogP contribution in [-0.2, 0) is 11.2 Å². The van der Waals surface area contributed by atoms with Crippen molar-refractivity contribution in [2.24, 2.45) is 0 Å². The van der Waals surface area contributed by atoms with Gasteiger partial charge in [-0.1, -0.05) is 6.07 Å². The number of hydrogen-bond acceptors (Lipinski definition) is 4. The molecule has 0 fully saturated rings. The summed E-state index contributed by atoms with van der Waals surface area (Å²) < 4.78 is 0. The summed E-state index contributed by atoms with van der Waals surface area (Å²) in [6.45, 7) is 7.49. The van der Waals surface area contributed by atoms with Crippen molar-refractivity contribution in [1.82, 2.24) is 20.3 Å². The minimum Gasteiger partial charge on any atom is -0.348 e. The topological polar surface area (TPSA) is 87.7 Å². The number of nitrogens with zero attached hydrogens (tertiary/aromatic N) is 2. The summed E-state index contributed by atoms with van der Waals surface area (Å²) >= 11 is 0. The molecule has 0 radical (unpaired) electrons. The third kappa shape index (κ3) is 4.48. The number of pyridine rings is 1. The van der Waals surface area contributed by atoms with Gasteiger partial charge in [0.25, 0.3) is 0 Å². The maximum Gasteiger partial charge on any atom is 0.345 e. The highest BCUT2D eigenvalue weighted by molar-refractivity contribution is 5.76. The molecule has 2 rings (SSSR count). The summed E-state index contributed by atoms with van der Waals surface area (Å²) in [5.74, 6) is -0.0510. The minimum absolute atomic E-state index is 0.0510. The zero-order valence-corrected chi connectivity index (χ0v) is 13.9. The summed E-state index contributed by atoms with van der Waals surface area (Å²) in [5.41, 5.74) is 3.93. The van der Waals surface area contributed by atoms with Gasteiger partial charge in [0.15, 0.2) is 0 Å². The molecule has 0 saturated carbocycles. The quantitative estimate of drug-likeness (QED) is 0.882. The molecule has 1 unspecified atom stereocenters. The third-order valence-corrected chi connectivity index (χ3v) is 3.81. The maximum atomic E-state index is 12.1. The van der Waals surface area contributed by atoms with Crippen molar-refractivity contribution >= 4 is 5.91 Å². The van der Waals surface area contributed by atoms with Crippen molar-refractivity contribution in [3.8, 4) is 0 Å². The van der Waals surface area contributed by atoms with Gasteiger partial charge in [0, 0.05) is 24.0 Å². The van der Waals surface area contributed by atoms with E-state index < -0.39 is 0 Å². The summed E-state index contributed by atoms with van der Waals surface area (Å²) in [7, 11) is 0. The molecule has 122 valence electrons. The Morgan fingerprint density at radius 2 is 2.04 bits per heavy atom. The van der Waals surface area contributed by atoms with E-state index in [4.69, 9.17) is 0 Å². The highest BCUT2D eigenvalue weighted by atomic mass is 16.1. The second-order valence-corrected chi connectivity index (χ2v) is 5.78. The Hall–Kier alpha value is -2.50. The number of hydrogen-bond donors (Lipinski definition) is 2. The fourth-order valence-electron chi connectivity index (χ4n) is 2.48. The summed E-state index contributed by atoms with van der Waals surface area (Å²) in [6.07, 6.45) is 2.67. The van der Waals surface area contributed by atoms with E-state index in [1.807, 2.05) is 32.9 Å². The Labute approximate surface area is 135 Å². The number of rotatable bonds is 5. The molecule has 2 aromatic rings. The number of aromatic nitrogens is 3.